The average molecular weight is 461 g/mol. The van der Waals surface area contributed by atoms with Gasteiger partial charge in [0, 0.05) is 22.5 Å². The molecule has 1 heterocycles. The highest BCUT2D eigenvalue weighted by Crippen LogP contribution is 2.30. The Morgan fingerprint density at radius 2 is 1.65 bits per heavy atom. The third kappa shape index (κ3) is 7.29. The molecule has 3 aromatic carbocycles. The Morgan fingerprint density at radius 3 is 2.29 bits per heavy atom. The zero-order valence-electron chi connectivity index (χ0n) is 20.7. The van der Waals surface area contributed by atoms with Crippen LogP contribution in [-0.4, -0.2) is 12.9 Å². The number of anilines is 1. The Balaban J connectivity index is 0.000000520. The molecule has 4 rings (SSSR count). The van der Waals surface area contributed by atoms with Crippen molar-refractivity contribution in [2.45, 2.75) is 46.2 Å². The summed E-state index contributed by atoms with van der Waals surface area (Å²) in [5, 5.41) is 6.77. The van der Waals surface area contributed by atoms with Gasteiger partial charge in [-0.2, -0.15) is 0 Å². The largest absolute Gasteiger partial charge is 0.359 e. The van der Waals surface area contributed by atoms with E-state index in [4.69, 9.17) is 4.99 Å². The maximum atomic E-state index is 13.7. The molecule has 1 atom stereocenters. The number of nitrogens with two attached hydrogens (primary N) is 1. The number of hydrogen-bond donors (Lipinski definition) is 3. The molecule has 0 aliphatic carbocycles. The summed E-state index contributed by atoms with van der Waals surface area (Å²) in [5.41, 5.74) is 9.84. The molecule has 1 aliphatic heterocycles. The van der Waals surface area contributed by atoms with Gasteiger partial charge in [0.05, 0.1) is 0 Å². The third-order valence-corrected chi connectivity index (χ3v) is 5.35. The van der Waals surface area contributed by atoms with Crippen LogP contribution in [0.2, 0.25) is 0 Å². The molecule has 5 heteroatoms. The van der Waals surface area contributed by atoms with Crippen molar-refractivity contribution >= 4 is 17.2 Å². The van der Waals surface area contributed by atoms with Crippen molar-refractivity contribution in [3.63, 3.8) is 0 Å². The van der Waals surface area contributed by atoms with Gasteiger partial charge in [-0.25, -0.2) is 9.38 Å². The minimum atomic E-state index is -0.284. The Hall–Kier alpha value is -3.44. The van der Waals surface area contributed by atoms with Gasteiger partial charge in [-0.3, -0.25) is 0 Å². The summed E-state index contributed by atoms with van der Waals surface area (Å²) >= 11 is 0. The quantitative estimate of drug-likeness (QED) is 0.383. The first-order valence-electron chi connectivity index (χ1n) is 11.8. The van der Waals surface area contributed by atoms with Gasteiger partial charge >= 0.3 is 0 Å². The van der Waals surface area contributed by atoms with E-state index in [9.17, 15) is 4.39 Å². The van der Waals surface area contributed by atoms with Crippen LogP contribution in [0.5, 0.6) is 0 Å². The van der Waals surface area contributed by atoms with Crippen LogP contribution in [-0.2, 0) is 0 Å². The Labute approximate surface area is 203 Å². The third-order valence-electron chi connectivity index (χ3n) is 5.35. The van der Waals surface area contributed by atoms with E-state index in [1.54, 1.807) is 6.07 Å². The lowest BCUT2D eigenvalue weighted by Crippen LogP contribution is -2.29. The van der Waals surface area contributed by atoms with Crippen molar-refractivity contribution in [1.29, 1.82) is 0 Å². The van der Waals surface area contributed by atoms with Crippen molar-refractivity contribution in [3.8, 4) is 0 Å². The second-order valence-corrected chi connectivity index (χ2v) is 7.90. The molecule has 0 saturated heterocycles. The SMILES string of the molecule is C=C(NC1=NC(c2ccccc2)Nc2ccccc21)c1cc(F)ccc1C.CCCCC.CN. The van der Waals surface area contributed by atoms with Crippen molar-refractivity contribution in [2.75, 3.05) is 12.4 Å². The highest BCUT2D eigenvalue weighted by atomic mass is 19.1. The van der Waals surface area contributed by atoms with Crippen LogP contribution in [0.4, 0.5) is 10.1 Å². The van der Waals surface area contributed by atoms with Crippen molar-refractivity contribution < 1.29 is 4.39 Å². The van der Waals surface area contributed by atoms with Crippen LogP contribution in [0.1, 0.15) is 61.5 Å². The van der Waals surface area contributed by atoms with Gasteiger partial charge in [-0.05, 0) is 49.4 Å². The molecule has 0 fully saturated rings. The Morgan fingerprint density at radius 1 is 1.00 bits per heavy atom. The molecule has 4 nitrogen and oxygen atoms in total. The number of benzene rings is 3. The summed E-state index contributed by atoms with van der Waals surface area (Å²) in [6, 6.07) is 22.7. The summed E-state index contributed by atoms with van der Waals surface area (Å²) in [4.78, 5) is 4.85. The number of aliphatic imine (C=N–C) groups is 1. The molecular formula is C29H37FN4. The number of rotatable bonds is 5. The second-order valence-electron chi connectivity index (χ2n) is 7.90. The normalized spacial score (nSPS) is 13.6. The number of hydrogen-bond acceptors (Lipinski definition) is 4. The summed E-state index contributed by atoms with van der Waals surface area (Å²) < 4.78 is 13.7. The predicted molar refractivity (Wildman–Crippen MR) is 144 cm³/mol. The number of halogens is 1. The molecule has 1 aliphatic rings. The van der Waals surface area contributed by atoms with Gasteiger partial charge in [0.1, 0.15) is 17.8 Å². The molecule has 34 heavy (non-hydrogen) atoms. The maximum Gasteiger partial charge on any atom is 0.147 e. The number of para-hydroxylation sites is 1. The molecule has 1 unspecified atom stereocenters. The van der Waals surface area contributed by atoms with E-state index in [1.807, 2.05) is 61.5 Å². The summed E-state index contributed by atoms with van der Waals surface area (Å²) in [6.07, 6.45) is 3.87. The van der Waals surface area contributed by atoms with E-state index in [0.29, 0.717) is 11.5 Å². The summed E-state index contributed by atoms with van der Waals surface area (Å²) in [5.74, 6) is 0.431. The molecule has 0 aromatic heterocycles. The lowest BCUT2D eigenvalue weighted by atomic mass is 10.0. The first-order chi connectivity index (χ1) is 16.5. The standard InChI is InChI=1S/C23H20FN3.C5H12.CH5N/c1-15-12-13-18(24)14-20(15)16(2)25-23-19-10-6-7-11-21(19)26-22(27-23)17-8-4-3-5-9-17;1-3-5-4-2;1-2/h3-14,22,26H,2H2,1H3,(H,25,27);3-5H2,1-2H3;2H2,1H3. The second kappa shape index (κ2) is 14.0. The molecule has 3 aromatic rings. The Bertz CT molecular complexity index is 1070. The minimum absolute atomic E-state index is 0.204. The summed E-state index contributed by atoms with van der Waals surface area (Å²) in [7, 11) is 1.50. The fourth-order valence-electron chi connectivity index (χ4n) is 3.57. The molecule has 180 valence electrons. The molecular weight excluding hydrogens is 423 g/mol. The molecule has 0 spiro atoms. The fraction of sp³-hybridized carbons (Fsp3) is 0.276. The van der Waals surface area contributed by atoms with Crippen molar-refractivity contribution in [2.24, 2.45) is 10.7 Å². The Kier molecular flexibility index (Phi) is 11.0. The highest BCUT2D eigenvalue weighted by Gasteiger charge is 2.22. The smallest absolute Gasteiger partial charge is 0.147 e. The topological polar surface area (TPSA) is 62.4 Å². The minimum Gasteiger partial charge on any atom is -0.359 e. The lowest BCUT2D eigenvalue weighted by molar-refractivity contribution is 0.626. The van der Waals surface area contributed by atoms with E-state index in [0.717, 1.165) is 27.9 Å². The monoisotopic (exact) mass is 460 g/mol. The van der Waals surface area contributed by atoms with Crippen molar-refractivity contribution in [1.82, 2.24) is 5.32 Å². The van der Waals surface area contributed by atoms with Gasteiger partial charge in [0.25, 0.3) is 0 Å². The predicted octanol–water partition coefficient (Wildman–Crippen LogP) is 7.04. The van der Waals surface area contributed by atoms with E-state index < -0.39 is 0 Å². The molecule has 0 radical (unpaired) electrons. The first-order valence-corrected chi connectivity index (χ1v) is 11.8. The van der Waals surface area contributed by atoms with Gasteiger partial charge < -0.3 is 16.4 Å². The number of unbranched alkanes of at least 4 members (excludes halogenated alkanes) is 2. The zero-order chi connectivity index (χ0) is 24.9. The zero-order valence-corrected chi connectivity index (χ0v) is 20.7. The molecule has 0 bridgehead atoms. The van der Waals surface area contributed by atoms with E-state index in [-0.39, 0.29) is 12.0 Å². The van der Waals surface area contributed by atoms with E-state index in [1.165, 1.54) is 38.4 Å². The number of amidine groups is 1. The van der Waals surface area contributed by atoms with Crippen molar-refractivity contribution in [3.05, 3.63) is 107 Å². The van der Waals surface area contributed by atoms with Gasteiger partial charge in [-0.15, -0.1) is 0 Å². The van der Waals surface area contributed by atoms with Crippen LogP contribution in [0.3, 0.4) is 0 Å². The number of aryl methyl sites for hydroxylation is 1. The summed E-state index contributed by atoms with van der Waals surface area (Å²) in [6.45, 7) is 10.5. The highest BCUT2D eigenvalue weighted by molar-refractivity contribution is 6.08. The first kappa shape index (κ1) is 26.8. The van der Waals surface area contributed by atoms with Crippen LogP contribution in [0.25, 0.3) is 5.70 Å². The average Bonchev–Trinajstić information content (AvgIpc) is 2.88. The van der Waals surface area contributed by atoms with Gasteiger partial charge in [-0.1, -0.05) is 88.2 Å². The molecule has 0 amide bonds. The maximum absolute atomic E-state index is 13.7. The van der Waals surface area contributed by atoms with Gasteiger partial charge in [0.15, 0.2) is 0 Å². The van der Waals surface area contributed by atoms with Crippen LogP contribution < -0.4 is 16.4 Å². The molecule has 0 saturated carbocycles. The number of nitrogens with one attached hydrogen (secondary N) is 2. The van der Waals surface area contributed by atoms with Crippen LogP contribution in [0.15, 0.2) is 84.4 Å². The molecule has 4 N–H and O–H groups in total. The van der Waals surface area contributed by atoms with Crippen LogP contribution in [0, 0.1) is 12.7 Å². The number of fused-ring (bicyclic) bond motifs is 1. The van der Waals surface area contributed by atoms with E-state index >= 15 is 0 Å². The van der Waals surface area contributed by atoms with Gasteiger partial charge in [0.2, 0.25) is 0 Å². The van der Waals surface area contributed by atoms with E-state index in [2.05, 4.69) is 36.8 Å². The fourth-order valence-corrected chi connectivity index (χ4v) is 3.57. The van der Waals surface area contributed by atoms with Crippen LogP contribution >= 0.6 is 0 Å². The number of nitrogens with zero attached hydrogens (tertiary/aromatic N) is 1. The lowest BCUT2D eigenvalue weighted by Gasteiger charge is -2.27.